The highest BCUT2D eigenvalue weighted by Crippen LogP contribution is 2.24. The summed E-state index contributed by atoms with van der Waals surface area (Å²) in [7, 11) is 0. The fourth-order valence-electron chi connectivity index (χ4n) is 2.38. The van der Waals surface area contributed by atoms with Crippen LogP contribution in [0.15, 0.2) is 54.9 Å². The van der Waals surface area contributed by atoms with E-state index in [4.69, 9.17) is 4.74 Å². The molecule has 3 aromatic rings. The van der Waals surface area contributed by atoms with E-state index in [0.29, 0.717) is 29.4 Å². The average Bonchev–Trinajstić information content (AvgIpc) is 2.99. The molecule has 0 spiro atoms. The summed E-state index contributed by atoms with van der Waals surface area (Å²) in [5.41, 5.74) is 1.85. The molecule has 0 aliphatic carbocycles. The third kappa shape index (κ3) is 3.12. The Hall–Kier alpha value is -3.15. The molecule has 0 atom stereocenters. The Bertz CT molecular complexity index is 843. The molecular formula is C18H18N4O2. The number of carbonyl (C=O) groups is 1. The van der Waals surface area contributed by atoms with Crippen LogP contribution < -0.4 is 10.1 Å². The molecule has 6 heteroatoms. The van der Waals surface area contributed by atoms with Crippen LogP contribution in [-0.4, -0.2) is 27.3 Å². The number of hydrogen-bond acceptors (Lipinski definition) is 4. The zero-order valence-corrected chi connectivity index (χ0v) is 13.6. The molecule has 122 valence electrons. The SMILES string of the molecule is CCOc1ccccc1NC(=O)c1cnn(-c2ccccn2)c1C. The van der Waals surface area contributed by atoms with Crippen molar-refractivity contribution >= 4 is 11.6 Å². The van der Waals surface area contributed by atoms with Gasteiger partial charge in [0.05, 0.1) is 29.7 Å². The number of rotatable bonds is 5. The summed E-state index contributed by atoms with van der Waals surface area (Å²) in [6.45, 7) is 4.27. The van der Waals surface area contributed by atoms with Crippen LogP contribution in [0.1, 0.15) is 23.0 Å². The number of anilines is 1. The van der Waals surface area contributed by atoms with Crippen LogP contribution in [0.5, 0.6) is 5.75 Å². The highest BCUT2D eigenvalue weighted by molar-refractivity contribution is 6.05. The third-order valence-corrected chi connectivity index (χ3v) is 3.56. The first kappa shape index (κ1) is 15.7. The summed E-state index contributed by atoms with van der Waals surface area (Å²) in [5, 5.41) is 7.15. The van der Waals surface area contributed by atoms with Crippen molar-refractivity contribution in [2.24, 2.45) is 0 Å². The molecular weight excluding hydrogens is 304 g/mol. The largest absolute Gasteiger partial charge is 0.492 e. The number of carbonyl (C=O) groups excluding carboxylic acids is 1. The van der Waals surface area contributed by atoms with E-state index < -0.39 is 0 Å². The van der Waals surface area contributed by atoms with E-state index in [9.17, 15) is 4.79 Å². The topological polar surface area (TPSA) is 69.0 Å². The Balaban J connectivity index is 1.86. The van der Waals surface area contributed by atoms with Crippen LogP contribution >= 0.6 is 0 Å². The Morgan fingerprint density at radius 1 is 1.21 bits per heavy atom. The highest BCUT2D eigenvalue weighted by atomic mass is 16.5. The lowest BCUT2D eigenvalue weighted by Gasteiger charge is -2.11. The molecule has 0 aliphatic rings. The molecule has 1 aromatic carbocycles. The fraction of sp³-hybridized carbons (Fsp3) is 0.167. The molecule has 0 aliphatic heterocycles. The first-order valence-electron chi connectivity index (χ1n) is 7.70. The minimum absolute atomic E-state index is 0.234. The zero-order chi connectivity index (χ0) is 16.9. The number of ether oxygens (including phenoxy) is 1. The normalized spacial score (nSPS) is 10.4. The van der Waals surface area contributed by atoms with Crippen molar-refractivity contribution in [3.63, 3.8) is 0 Å². The number of amides is 1. The van der Waals surface area contributed by atoms with E-state index >= 15 is 0 Å². The Labute approximate surface area is 140 Å². The molecule has 3 rings (SSSR count). The van der Waals surface area contributed by atoms with Gasteiger partial charge in [-0.3, -0.25) is 4.79 Å². The number of hydrogen-bond donors (Lipinski definition) is 1. The minimum atomic E-state index is -0.234. The van der Waals surface area contributed by atoms with E-state index in [-0.39, 0.29) is 5.91 Å². The predicted octanol–water partition coefficient (Wildman–Crippen LogP) is 3.23. The van der Waals surface area contributed by atoms with Crippen LogP contribution in [0, 0.1) is 6.92 Å². The van der Waals surface area contributed by atoms with E-state index in [1.165, 1.54) is 0 Å². The smallest absolute Gasteiger partial charge is 0.259 e. The molecule has 0 saturated heterocycles. The zero-order valence-electron chi connectivity index (χ0n) is 13.6. The molecule has 0 unspecified atom stereocenters. The third-order valence-electron chi connectivity index (χ3n) is 3.56. The summed E-state index contributed by atoms with van der Waals surface area (Å²) < 4.78 is 7.18. The molecule has 0 saturated carbocycles. The Morgan fingerprint density at radius 2 is 2.00 bits per heavy atom. The summed E-state index contributed by atoms with van der Waals surface area (Å²) in [6, 6.07) is 12.9. The lowest BCUT2D eigenvalue weighted by Crippen LogP contribution is -2.14. The first-order valence-corrected chi connectivity index (χ1v) is 7.70. The number of benzene rings is 1. The standard InChI is InChI=1S/C18H18N4O2/c1-3-24-16-9-5-4-8-15(16)21-18(23)14-12-20-22(13(14)2)17-10-6-7-11-19-17/h4-12H,3H2,1-2H3,(H,21,23). The second kappa shape index (κ2) is 6.95. The van der Waals surface area contributed by atoms with Gasteiger partial charge in [-0.05, 0) is 38.1 Å². The van der Waals surface area contributed by atoms with Crippen LogP contribution in [0.25, 0.3) is 5.82 Å². The lowest BCUT2D eigenvalue weighted by molar-refractivity contribution is 0.102. The number of para-hydroxylation sites is 2. The van der Waals surface area contributed by atoms with E-state index in [1.807, 2.05) is 50.2 Å². The highest BCUT2D eigenvalue weighted by Gasteiger charge is 2.17. The van der Waals surface area contributed by atoms with Gasteiger partial charge in [-0.15, -0.1) is 0 Å². The monoisotopic (exact) mass is 322 g/mol. The van der Waals surface area contributed by atoms with Crippen LogP contribution in [0.2, 0.25) is 0 Å². The van der Waals surface area contributed by atoms with Gasteiger partial charge in [0.25, 0.3) is 5.91 Å². The molecule has 0 fully saturated rings. The number of nitrogens with one attached hydrogen (secondary N) is 1. The molecule has 24 heavy (non-hydrogen) atoms. The van der Waals surface area contributed by atoms with Gasteiger partial charge in [0.2, 0.25) is 0 Å². The van der Waals surface area contributed by atoms with Crippen LogP contribution in [-0.2, 0) is 0 Å². The maximum Gasteiger partial charge on any atom is 0.259 e. The van der Waals surface area contributed by atoms with Gasteiger partial charge in [-0.25, -0.2) is 9.67 Å². The van der Waals surface area contributed by atoms with Crippen LogP contribution in [0.4, 0.5) is 5.69 Å². The minimum Gasteiger partial charge on any atom is -0.492 e. The fourth-order valence-corrected chi connectivity index (χ4v) is 2.38. The van der Waals surface area contributed by atoms with Gasteiger partial charge < -0.3 is 10.1 Å². The molecule has 0 bridgehead atoms. The second-order valence-electron chi connectivity index (χ2n) is 5.13. The molecule has 1 N–H and O–H groups in total. The van der Waals surface area contributed by atoms with Crippen molar-refractivity contribution < 1.29 is 9.53 Å². The van der Waals surface area contributed by atoms with Crippen molar-refractivity contribution in [3.05, 3.63) is 66.1 Å². The summed E-state index contributed by atoms with van der Waals surface area (Å²) in [6.07, 6.45) is 3.23. The van der Waals surface area contributed by atoms with Gasteiger partial charge in [-0.2, -0.15) is 5.10 Å². The van der Waals surface area contributed by atoms with Crippen molar-refractivity contribution in [2.75, 3.05) is 11.9 Å². The van der Waals surface area contributed by atoms with E-state index in [0.717, 1.165) is 5.69 Å². The van der Waals surface area contributed by atoms with Crippen molar-refractivity contribution in [3.8, 4) is 11.6 Å². The molecule has 6 nitrogen and oxygen atoms in total. The summed E-state index contributed by atoms with van der Waals surface area (Å²) in [4.78, 5) is 16.8. The maximum atomic E-state index is 12.6. The van der Waals surface area contributed by atoms with Crippen molar-refractivity contribution in [2.45, 2.75) is 13.8 Å². The van der Waals surface area contributed by atoms with Crippen LogP contribution in [0.3, 0.4) is 0 Å². The molecule has 1 amide bonds. The van der Waals surface area contributed by atoms with E-state index in [1.54, 1.807) is 23.1 Å². The first-order chi connectivity index (χ1) is 11.7. The Morgan fingerprint density at radius 3 is 2.75 bits per heavy atom. The van der Waals surface area contributed by atoms with Gasteiger partial charge in [0, 0.05) is 6.20 Å². The number of nitrogens with zero attached hydrogens (tertiary/aromatic N) is 3. The summed E-state index contributed by atoms with van der Waals surface area (Å²) >= 11 is 0. The van der Waals surface area contributed by atoms with Gasteiger partial charge >= 0.3 is 0 Å². The average molecular weight is 322 g/mol. The quantitative estimate of drug-likeness (QED) is 0.783. The number of pyridine rings is 1. The second-order valence-corrected chi connectivity index (χ2v) is 5.13. The number of aromatic nitrogens is 3. The maximum absolute atomic E-state index is 12.6. The van der Waals surface area contributed by atoms with Gasteiger partial charge in [0.1, 0.15) is 5.75 Å². The van der Waals surface area contributed by atoms with Gasteiger partial charge in [0.15, 0.2) is 5.82 Å². The molecule has 0 radical (unpaired) electrons. The van der Waals surface area contributed by atoms with Crippen molar-refractivity contribution in [1.29, 1.82) is 0 Å². The summed E-state index contributed by atoms with van der Waals surface area (Å²) in [5.74, 6) is 1.08. The van der Waals surface area contributed by atoms with Crippen molar-refractivity contribution in [1.82, 2.24) is 14.8 Å². The molecule has 2 aromatic heterocycles. The molecule has 2 heterocycles. The van der Waals surface area contributed by atoms with E-state index in [2.05, 4.69) is 15.4 Å². The van der Waals surface area contributed by atoms with Gasteiger partial charge in [-0.1, -0.05) is 18.2 Å². The Kier molecular flexibility index (Phi) is 4.56. The predicted molar refractivity (Wildman–Crippen MR) is 91.7 cm³/mol. The lowest BCUT2D eigenvalue weighted by atomic mass is 10.2.